The number of amides is 1. The van der Waals surface area contributed by atoms with Crippen molar-refractivity contribution in [3.63, 3.8) is 0 Å². The molecule has 0 aliphatic carbocycles. The van der Waals surface area contributed by atoms with Crippen LogP contribution in [0.2, 0.25) is 0 Å². The first-order valence-corrected chi connectivity index (χ1v) is 10.3. The molecule has 0 saturated carbocycles. The van der Waals surface area contributed by atoms with E-state index in [4.69, 9.17) is 4.74 Å². The number of ether oxygens (including phenoxy) is 1. The fourth-order valence-corrected chi connectivity index (χ4v) is 2.55. The van der Waals surface area contributed by atoms with Crippen LogP contribution in [0.5, 0.6) is 0 Å². The number of nitrogens with zero attached hydrogens (tertiary/aromatic N) is 1. The molecule has 0 aliphatic heterocycles. The van der Waals surface area contributed by atoms with Crippen molar-refractivity contribution in [2.45, 2.75) is 53.1 Å². The normalized spacial score (nSPS) is 10.1. The van der Waals surface area contributed by atoms with Crippen molar-refractivity contribution in [1.82, 2.24) is 10.2 Å². The number of hydrogen-bond donors (Lipinski definition) is 1. The topological polar surface area (TPSA) is 75.7 Å². The maximum Gasteiger partial charge on any atom is 0.410 e. The quantitative estimate of drug-likeness (QED) is 0.586. The third-order valence-corrected chi connectivity index (χ3v) is 4.32. The molecule has 0 rings (SSSR count). The first-order valence-electron chi connectivity index (χ1n) is 8.35. The summed E-state index contributed by atoms with van der Waals surface area (Å²) >= 11 is 2.67. The van der Waals surface area contributed by atoms with Crippen molar-refractivity contribution in [3.05, 3.63) is 0 Å². The molecule has 1 N–H and O–H groups in total. The zero-order valence-corrected chi connectivity index (χ0v) is 19.5. The lowest BCUT2D eigenvalue weighted by Gasteiger charge is -2.24. The van der Waals surface area contributed by atoms with Crippen LogP contribution in [0.25, 0.3) is 0 Å². The second-order valence-corrected chi connectivity index (χ2v) is 8.94. The summed E-state index contributed by atoms with van der Waals surface area (Å²) in [6.45, 7) is 10.3. The Labute approximate surface area is 173 Å². The number of carbonyl (C=O) groups excluding carboxylic acids is 3. The highest BCUT2D eigenvalue weighted by atomic mass is 35.5. The van der Waals surface area contributed by atoms with E-state index in [1.165, 1.54) is 28.4 Å². The summed E-state index contributed by atoms with van der Waals surface area (Å²) in [5.74, 6) is 1.68. The van der Waals surface area contributed by atoms with Crippen molar-refractivity contribution in [2.24, 2.45) is 0 Å². The number of hydrogen-bond acceptors (Lipinski definition) is 7. The molecule has 156 valence electrons. The van der Waals surface area contributed by atoms with Crippen LogP contribution in [0, 0.1) is 0 Å². The highest BCUT2D eigenvalue weighted by Gasteiger charge is 2.19. The predicted molar refractivity (Wildman–Crippen MR) is 116 cm³/mol. The SMILES string of the molecule is CC(=O)SCCCN(C)C(=O)OC(C)(C)C.CNCCCSC(C)=O.Cl. The van der Waals surface area contributed by atoms with Gasteiger partial charge < -0.3 is 15.0 Å². The molecule has 0 spiro atoms. The van der Waals surface area contributed by atoms with Crippen molar-refractivity contribution in [1.29, 1.82) is 0 Å². The lowest BCUT2D eigenvalue weighted by atomic mass is 10.2. The summed E-state index contributed by atoms with van der Waals surface area (Å²) in [6, 6.07) is 0. The molecule has 0 saturated heterocycles. The summed E-state index contributed by atoms with van der Waals surface area (Å²) in [6.07, 6.45) is 1.54. The van der Waals surface area contributed by atoms with Crippen LogP contribution in [0.1, 0.15) is 47.5 Å². The average Bonchev–Trinajstić information content (AvgIpc) is 2.46. The van der Waals surface area contributed by atoms with Crippen molar-refractivity contribution in [2.75, 3.05) is 38.7 Å². The fraction of sp³-hybridized carbons (Fsp3) is 0.824. The molecular weight excluding hydrogens is 396 g/mol. The second kappa shape index (κ2) is 17.9. The van der Waals surface area contributed by atoms with Gasteiger partial charge in [0.2, 0.25) is 0 Å². The van der Waals surface area contributed by atoms with Crippen LogP contribution in [0.3, 0.4) is 0 Å². The second-order valence-electron chi connectivity index (χ2n) is 6.39. The molecule has 0 unspecified atom stereocenters. The molecule has 0 atom stereocenters. The Morgan fingerprint density at radius 3 is 1.85 bits per heavy atom. The molecule has 9 heteroatoms. The standard InChI is InChI=1S/C11H21NO3S.C6H13NOS.ClH/c1-9(13)16-8-6-7-12(5)10(14)15-11(2,3)4;1-6(8)9-5-3-4-7-2;/h6-8H2,1-5H3;7H,3-5H2,1-2H3;1H. The fourth-order valence-electron chi connectivity index (χ4n) is 1.41. The first-order chi connectivity index (χ1) is 11.5. The van der Waals surface area contributed by atoms with Crippen molar-refractivity contribution in [3.8, 4) is 0 Å². The maximum atomic E-state index is 11.5. The number of carbonyl (C=O) groups is 3. The number of thioether (sulfide) groups is 2. The molecule has 0 aromatic heterocycles. The Morgan fingerprint density at radius 2 is 1.46 bits per heavy atom. The summed E-state index contributed by atoms with van der Waals surface area (Å²) in [5.41, 5.74) is -0.459. The van der Waals surface area contributed by atoms with Crippen LogP contribution < -0.4 is 5.32 Å². The van der Waals surface area contributed by atoms with Gasteiger partial charge in [-0.3, -0.25) is 9.59 Å². The maximum absolute atomic E-state index is 11.5. The van der Waals surface area contributed by atoms with Crippen LogP contribution in [0.15, 0.2) is 0 Å². The molecule has 6 nitrogen and oxygen atoms in total. The van der Waals surface area contributed by atoms with Crippen LogP contribution in [0.4, 0.5) is 4.79 Å². The Hall–Kier alpha value is -0.440. The molecule has 0 heterocycles. The van der Waals surface area contributed by atoms with Crippen LogP contribution in [-0.4, -0.2) is 65.5 Å². The summed E-state index contributed by atoms with van der Waals surface area (Å²) in [4.78, 5) is 34.1. The molecule has 26 heavy (non-hydrogen) atoms. The van der Waals surface area contributed by atoms with Gasteiger partial charge in [-0.2, -0.15) is 0 Å². The number of nitrogens with one attached hydrogen (secondary N) is 1. The average molecular weight is 431 g/mol. The van der Waals surface area contributed by atoms with Crippen molar-refractivity contribution < 1.29 is 19.1 Å². The summed E-state index contributed by atoms with van der Waals surface area (Å²) < 4.78 is 5.19. The van der Waals surface area contributed by atoms with Gasteiger partial charge in [-0.1, -0.05) is 23.5 Å². The minimum Gasteiger partial charge on any atom is -0.444 e. The van der Waals surface area contributed by atoms with Gasteiger partial charge in [0.15, 0.2) is 10.2 Å². The predicted octanol–water partition coefficient (Wildman–Crippen LogP) is 3.82. The van der Waals surface area contributed by atoms with E-state index in [1.54, 1.807) is 20.9 Å². The van der Waals surface area contributed by atoms with E-state index in [0.29, 0.717) is 6.54 Å². The van der Waals surface area contributed by atoms with E-state index in [1.807, 2.05) is 27.8 Å². The molecule has 0 aromatic carbocycles. The minimum atomic E-state index is -0.459. The first kappa shape index (κ1) is 30.3. The van der Waals surface area contributed by atoms with Gasteiger partial charge in [-0.05, 0) is 47.2 Å². The van der Waals surface area contributed by atoms with Crippen molar-refractivity contribution >= 4 is 52.3 Å². The van der Waals surface area contributed by atoms with E-state index < -0.39 is 5.60 Å². The molecular formula is C17H35ClN2O4S2. The lowest BCUT2D eigenvalue weighted by Crippen LogP contribution is -2.34. The van der Waals surface area contributed by atoms with E-state index in [2.05, 4.69) is 5.32 Å². The van der Waals surface area contributed by atoms with Gasteiger partial charge in [0.1, 0.15) is 5.60 Å². The lowest BCUT2D eigenvalue weighted by molar-refractivity contribution is -0.109. The van der Waals surface area contributed by atoms with Gasteiger partial charge in [-0.15, -0.1) is 12.4 Å². The molecule has 0 aromatic rings. The van der Waals surface area contributed by atoms with Crippen LogP contribution >= 0.6 is 35.9 Å². The van der Waals surface area contributed by atoms with E-state index in [-0.39, 0.29) is 28.7 Å². The minimum absolute atomic E-state index is 0. The van der Waals surface area contributed by atoms with E-state index in [9.17, 15) is 14.4 Å². The molecule has 0 bridgehead atoms. The zero-order chi connectivity index (χ0) is 19.9. The third-order valence-electron chi connectivity index (χ3n) is 2.52. The number of rotatable bonds is 8. The Bertz CT molecular complexity index is 405. The van der Waals surface area contributed by atoms with Gasteiger partial charge in [0.05, 0.1) is 0 Å². The van der Waals surface area contributed by atoms with Gasteiger partial charge in [0, 0.05) is 38.9 Å². The molecule has 0 radical (unpaired) electrons. The monoisotopic (exact) mass is 430 g/mol. The Morgan fingerprint density at radius 1 is 1.00 bits per heavy atom. The number of halogens is 1. The third kappa shape index (κ3) is 25.8. The summed E-state index contributed by atoms with van der Waals surface area (Å²) in [5, 5.41) is 3.34. The van der Waals surface area contributed by atoms with Gasteiger partial charge in [-0.25, -0.2) is 4.79 Å². The Balaban J connectivity index is -0.000000453. The highest BCUT2D eigenvalue weighted by molar-refractivity contribution is 8.13. The van der Waals surface area contributed by atoms with Gasteiger partial charge in [0.25, 0.3) is 0 Å². The smallest absolute Gasteiger partial charge is 0.410 e. The zero-order valence-electron chi connectivity index (χ0n) is 17.0. The summed E-state index contributed by atoms with van der Waals surface area (Å²) in [7, 11) is 3.62. The molecule has 1 amide bonds. The molecule has 0 aliphatic rings. The Kier molecular flexibility index (Phi) is 20.9. The molecule has 0 fully saturated rings. The van der Waals surface area contributed by atoms with Crippen LogP contribution in [-0.2, 0) is 14.3 Å². The highest BCUT2D eigenvalue weighted by Crippen LogP contribution is 2.10. The largest absolute Gasteiger partial charge is 0.444 e. The van der Waals surface area contributed by atoms with Gasteiger partial charge >= 0.3 is 6.09 Å². The van der Waals surface area contributed by atoms with E-state index in [0.717, 1.165) is 30.9 Å². The van der Waals surface area contributed by atoms with E-state index >= 15 is 0 Å².